The number of benzene rings is 3. The predicted octanol–water partition coefficient (Wildman–Crippen LogP) is 5.70. The molecular weight excluding hydrogens is 370 g/mol. The summed E-state index contributed by atoms with van der Waals surface area (Å²) < 4.78 is 11.0. The first kappa shape index (κ1) is 20.5. The second-order valence-corrected chi connectivity index (χ2v) is 7.37. The predicted molar refractivity (Wildman–Crippen MR) is 118 cm³/mol. The van der Waals surface area contributed by atoms with Gasteiger partial charge in [0.2, 0.25) is 0 Å². The lowest BCUT2D eigenvalue weighted by Crippen LogP contribution is -2.32. The summed E-state index contributed by atoms with van der Waals surface area (Å²) in [5, 5.41) is 6.18. The SMILES string of the molecule is CC[C@@]1(NCc2ccc(OC)c3ccc(OC)cc23)C[C@H]1c1ccccc1.Cl. The zero-order chi connectivity index (χ0) is 18.9. The fourth-order valence-electron chi connectivity index (χ4n) is 4.23. The summed E-state index contributed by atoms with van der Waals surface area (Å²) in [4.78, 5) is 0. The van der Waals surface area contributed by atoms with Crippen molar-refractivity contribution in [1.29, 1.82) is 0 Å². The van der Waals surface area contributed by atoms with Crippen molar-refractivity contribution in [1.82, 2.24) is 5.32 Å². The van der Waals surface area contributed by atoms with Gasteiger partial charge in [0.05, 0.1) is 14.2 Å². The Kier molecular flexibility index (Phi) is 6.17. The fraction of sp³-hybridized carbons (Fsp3) is 0.333. The third-order valence-electron chi connectivity index (χ3n) is 6.03. The molecule has 0 aromatic heterocycles. The summed E-state index contributed by atoms with van der Waals surface area (Å²) in [6.07, 6.45) is 2.33. The Bertz CT molecular complexity index is 944. The molecule has 1 saturated carbocycles. The summed E-state index contributed by atoms with van der Waals surface area (Å²) in [5.74, 6) is 2.37. The van der Waals surface area contributed by atoms with Gasteiger partial charge in [0, 0.05) is 23.4 Å². The average Bonchev–Trinajstić information content (AvgIpc) is 3.47. The van der Waals surface area contributed by atoms with Crippen LogP contribution in [0.2, 0.25) is 0 Å². The van der Waals surface area contributed by atoms with Gasteiger partial charge in [-0.05, 0) is 53.6 Å². The maximum atomic E-state index is 5.55. The van der Waals surface area contributed by atoms with Crippen molar-refractivity contribution in [3.63, 3.8) is 0 Å². The Morgan fingerprint density at radius 3 is 2.43 bits per heavy atom. The molecule has 0 bridgehead atoms. The molecule has 1 N–H and O–H groups in total. The minimum absolute atomic E-state index is 0. The average molecular weight is 398 g/mol. The van der Waals surface area contributed by atoms with Gasteiger partial charge in [-0.25, -0.2) is 0 Å². The summed E-state index contributed by atoms with van der Waals surface area (Å²) in [5.41, 5.74) is 2.91. The molecule has 3 nitrogen and oxygen atoms in total. The molecule has 0 aliphatic heterocycles. The van der Waals surface area contributed by atoms with E-state index in [1.54, 1.807) is 14.2 Å². The third-order valence-corrected chi connectivity index (χ3v) is 6.03. The molecule has 0 unspecified atom stereocenters. The number of rotatable bonds is 7. The maximum Gasteiger partial charge on any atom is 0.126 e. The zero-order valence-electron chi connectivity index (χ0n) is 16.7. The monoisotopic (exact) mass is 397 g/mol. The van der Waals surface area contributed by atoms with Gasteiger partial charge in [-0.1, -0.05) is 43.3 Å². The van der Waals surface area contributed by atoms with Crippen molar-refractivity contribution in [3.8, 4) is 11.5 Å². The Hall–Kier alpha value is -2.23. The van der Waals surface area contributed by atoms with Crippen LogP contribution < -0.4 is 14.8 Å². The summed E-state index contributed by atoms with van der Waals surface area (Å²) in [7, 11) is 3.43. The van der Waals surface area contributed by atoms with Crippen LogP contribution in [0, 0.1) is 0 Å². The molecule has 0 heterocycles. The molecule has 2 atom stereocenters. The highest BCUT2D eigenvalue weighted by molar-refractivity contribution is 5.92. The number of fused-ring (bicyclic) bond motifs is 1. The number of hydrogen-bond acceptors (Lipinski definition) is 3. The lowest BCUT2D eigenvalue weighted by atomic mass is 10.0. The van der Waals surface area contributed by atoms with Crippen molar-refractivity contribution < 1.29 is 9.47 Å². The van der Waals surface area contributed by atoms with E-state index in [1.165, 1.54) is 22.9 Å². The van der Waals surface area contributed by atoms with Gasteiger partial charge >= 0.3 is 0 Å². The Morgan fingerprint density at radius 2 is 1.75 bits per heavy atom. The van der Waals surface area contributed by atoms with Crippen LogP contribution in [-0.2, 0) is 6.54 Å². The Balaban J connectivity index is 0.00000225. The lowest BCUT2D eigenvalue weighted by Gasteiger charge is -2.19. The molecule has 3 aromatic rings. The van der Waals surface area contributed by atoms with Crippen LogP contribution in [0.3, 0.4) is 0 Å². The molecule has 148 valence electrons. The molecular formula is C24H28ClNO2. The normalized spacial score (nSPS) is 20.5. The number of methoxy groups -OCH3 is 2. The van der Waals surface area contributed by atoms with Crippen LogP contribution in [0.15, 0.2) is 60.7 Å². The van der Waals surface area contributed by atoms with Crippen molar-refractivity contribution in [2.45, 2.75) is 37.8 Å². The van der Waals surface area contributed by atoms with E-state index in [9.17, 15) is 0 Å². The van der Waals surface area contributed by atoms with Crippen LogP contribution in [0.25, 0.3) is 10.8 Å². The first-order valence-corrected chi connectivity index (χ1v) is 9.64. The third kappa shape index (κ3) is 3.69. The van der Waals surface area contributed by atoms with Gasteiger partial charge in [-0.15, -0.1) is 12.4 Å². The maximum absolute atomic E-state index is 5.55. The van der Waals surface area contributed by atoms with Crippen molar-refractivity contribution in [3.05, 3.63) is 71.8 Å². The first-order valence-electron chi connectivity index (χ1n) is 9.64. The van der Waals surface area contributed by atoms with Gasteiger partial charge < -0.3 is 14.8 Å². The van der Waals surface area contributed by atoms with E-state index in [-0.39, 0.29) is 17.9 Å². The van der Waals surface area contributed by atoms with Gasteiger partial charge in [-0.3, -0.25) is 0 Å². The molecule has 1 aliphatic carbocycles. The van der Waals surface area contributed by atoms with E-state index >= 15 is 0 Å². The fourth-order valence-corrected chi connectivity index (χ4v) is 4.23. The highest BCUT2D eigenvalue weighted by atomic mass is 35.5. The van der Waals surface area contributed by atoms with Crippen molar-refractivity contribution >= 4 is 23.2 Å². The molecule has 0 radical (unpaired) electrons. The molecule has 1 aliphatic rings. The number of halogens is 1. The van der Waals surface area contributed by atoms with Crippen LogP contribution in [0.5, 0.6) is 11.5 Å². The van der Waals surface area contributed by atoms with Crippen molar-refractivity contribution in [2.24, 2.45) is 0 Å². The molecule has 0 spiro atoms. The second kappa shape index (κ2) is 8.42. The van der Waals surface area contributed by atoms with Gasteiger partial charge in [0.1, 0.15) is 11.5 Å². The van der Waals surface area contributed by atoms with Crippen LogP contribution >= 0.6 is 12.4 Å². The Morgan fingerprint density at radius 1 is 0.964 bits per heavy atom. The summed E-state index contributed by atoms with van der Waals surface area (Å²) in [6, 6.07) is 21.3. The van der Waals surface area contributed by atoms with E-state index in [4.69, 9.17) is 9.47 Å². The summed E-state index contributed by atoms with van der Waals surface area (Å²) >= 11 is 0. The van der Waals surface area contributed by atoms with Crippen molar-refractivity contribution in [2.75, 3.05) is 14.2 Å². The number of nitrogens with one attached hydrogen (secondary N) is 1. The van der Waals surface area contributed by atoms with Crippen LogP contribution in [0.4, 0.5) is 0 Å². The summed E-state index contributed by atoms with van der Waals surface area (Å²) in [6.45, 7) is 3.12. The molecule has 0 saturated heterocycles. The number of ether oxygens (including phenoxy) is 2. The second-order valence-electron chi connectivity index (χ2n) is 7.37. The first-order chi connectivity index (χ1) is 13.2. The van der Waals surface area contributed by atoms with E-state index < -0.39 is 0 Å². The smallest absolute Gasteiger partial charge is 0.126 e. The molecule has 0 amide bonds. The number of hydrogen-bond donors (Lipinski definition) is 1. The minimum Gasteiger partial charge on any atom is -0.497 e. The Labute approximate surface area is 173 Å². The van der Waals surface area contributed by atoms with Crippen LogP contribution in [0.1, 0.15) is 36.8 Å². The molecule has 4 rings (SSSR count). The minimum atomic E-state index is 0. The van der Waals surface area contributed by atoms with E-state index in [2.05, 4.69) is 66.8 Å². The topological polar surface area (TPSA) is 30.5 Å². The molecule has 3 aromatic carbocycles. The largest absolute Gasteiger partial charge is 0.497 e. The van der Waals surface area contributed by atoms with Gasteiger partial charge in [0.25, 0.3) is 0 Å². The lowest BCUT2D eigenvalue weighted by molar-refractivity contribution is 0.414. The van der Waals surface area contributed by atoms with Crippen LogP contribution in [-0.4, -0.2) is 19.8 Å². The van der Waals surface area contributed by atoms with E-state index in [0.29, 0.717) is 5.92 Å². The molecule has 28 heavy (non-hydrogen) atoms. The van der Waals surface area contributed by atoms with Gasteiger partial charge in [-0.2, -0.15) is 0 Å². The quantitative estimate of drug-likeness (QED) is 0.554. The van der Waals surface area contributed by atoms with Gasteiger partial charge in [0.15, 0.2) is 0 Å². The zero-order valence-corrected chi connectivity index (χ0v) is 17.5. The molecule has 4 heteroatoms. The van der Waals surface area contributed by atoms with E-state index in [1.807, 2.05) is 6.07 Å². The highest BCUT2D eigenvalue weighted by Crippen LogP contribution is 2.53. The molecule has 1 fully saturated rings. The van der Waals surface area contributed by atoms with E-state index in [0.717, 1.165) is 29.9 Å². The standard InChI is InChI=1S/C24H27NO2.ClH/c1-4-24(15-22(24)17-8-6-5-7-9-17)25-16-18-10-13-23(27-3)20-12-11-19(26-2)14-21(18)20;/h5-14,22,25H,4,15-16H2,1-3H3;1H/t22-,24+;/m0./s1. The highest BCUT2D eigenvalue weighted by Gasteiger charge is 2.52.